The van der Waals surface area contributed by atoms with Crippen molar-refractivity contribution < 1.29 is 9.13 Å². The first-order valence-electron chi connectivity index (χ1n) is 10.4. The Labute approximate surface area is 178 Å². The van der Waals surface area contributed by atoms with E-state index in [4.69, 9.17) is 0 Å². The fourth-order valence-corrected chi connectivity index (χ4v) is 10.7. The van der Waals surface area contributed by atoms with Gasteiger partial charge in [0.1, 0.15) is 7.14 Å². The molecule has 0 saturated carbocycles. The third kappa shape index (κ3) is 2.39. The normalized spacial score (nSPS) is 23.7. The molecular weight excluding hydrogens is 410 g/mol. The van der Waals surface area contributed by atoms with Gasteiger partial charge in [-0.05, 0) is 55.6 Å². The number of anilines is 3. The second-order valence-corrected chi connectivity index (χ2v) is 13.6. The first-order chi connectivity index (χ1) is 14.4. The Bertz CT molecular complexity index is 1280. The van der Waals surface area contributed by atoms with Crippen molar-refractivity contribution in [3.8, 4) is 0 Å². The molecule has 3 aromatic rings. The predicted octanol–water partition coefficient (Wildman–Crippen LogP) is 4.61. The van der Waals surface area contributed by atoms with Gasteiger partial charge >= 0.3 is 0 Å². The summed E-state index contributed by atoms with van der Waals surface area (Å²) >= 11 is 0. The molecule has 154 valence electrons. The highest BCUT2D eigenvalue weighted by atomic mass is 31.2. The van der Waals surface area contributed by atoms with E-state index in [1.807, 2.05) is 68.2 Å². The van der Waals surface area contributed by atoms with Crippen LogP contribution in [0.2, 0.25) is 0 Å². The number of nitrogens with zero attached hydrogens (tertiary/aromatic N) is 2. The summed E-state index contributed by atoms with van der Waals surface area (Å²) in [6.45, 7) is 9.34. The monoisotopic (exact) mass is 436 g/mol. The number of benzene rings is 3. The average Bonchev–Trinajstić information content (AvgIpc) is 2.74. The van der Waals surface area contributed by atoms with E-state index in [2.05, 4.69) is 29.5 Å². The highest BCUT2D eigenvalue weighted by molar-refractivity contribution is 7.80. The molecule has 2 atom stereocenters. The van der Waals surface area contributed by atoms with E-state index in [0.717, 1.165) is 43.8 Å². The van der Waals surface area contributed by atoms with Crippen LogP contribution >= 0.6 is 14.4 Å². The highest BCUT2D eigenvalue weighted by Gasteiger charge is 2.48. The molecule has 3 aromatic carbocycles. The molecule has 5 rings (SSSR count). The molecule has 0 spiro atoms. The van der Waals surface area contributed by atoms with Crippen LogP contribution in [0.4, 0.5) is 17.1 Å². The predicted molar refractivity (Wildman–Crippen MR) is 128 cm³/mol. The van der Waals surface area contributed by atoms with Gasteiger partial charge in [0.25, 0.3) is 0 Å². The van der Waals surface area contributed by atoms with Crippen molar-refractivity contribution in [1.82, 2.24) is 4.67 Å². The van der Waals surface area contributed by atoms with Crippen LogP contribution < -0.4 is 26.1 Å². The van der Waals surface area contributed by atoms with Gasteiger partial charge in [0.15, 0.2) is 0 Å². The average molecular weight is 436 g/mol. The lowest BCUT2D eigenvalue weighted by atomic mass is 10.1. The quantitative estimate of drug-likeness (QED) is 0.563. The van der Waals surface area contributed by atoms with E-state index >= 15 is 0 Å². The van der Waals surface area contributed by atoms with Crippen molar-refractivity contribution in [2.24, 2.45) is 0 Å². The standard InChI is InChI=1S/C24H26N2O2P2/c1-5-25(6-2)30(28)21-14-10-8-12-19(21)26-18-11-7-9-13-20(18)29(4,27)22-15-17(3)16-23(30)24(22)26/h7-16H,5-6H2,1-4H3. The van der Waals surface area contributed by atoms with Gasteiger partial charge in [0, 0.05) is 23.7 Å². The maximum atomic E-state index is 15.0. The molecule has 30 heavy (non-hydrogen) atoms. The molecule has 0 fully saturated rings. The molecule has 0 amide bonds. The van der Waals surface area contributed by atoms with Crippen molar-refractivity contribution in [2.75, 3.05) is 24.7 Å². The number of hydrogen-bond acceptors (Lipinski definition) is 3. The van der Waals surface area contributed by atoms with Crippen molar-refractivity contribution in [3.63, 3.8) is 0 Å². The third-order valence-corrected chi connectivity index (χ3v) is 12.3. The number of fused-ring (bicyclic) bond motifs is 4. The van der Waals surface area contributed by atoms with Crippen molar-refractivity contribution >= 4 is 52.7 Å². The fourth-order valence-electron chi connectivity index (χ4n) is 5.01. The Morgan fingerprint density at radius 3 is 1.97 bits per heavy atom. The molecule has 4 nitrogen and oxygen atoms in total. The smallest absolute Gasteiger partial charge is 0.211 e. The van der Waals surface area contributed by atoms with Crippen LogP contribution in [0.15, 0.2) is 60.7 Å². The number of aryl methyl sites for hydroxylation is 1. The summed E-state index contributed by atoms with van der Waals surface area (Å²) in [4.78, 5) is 2.19. The van der Waals surface area contributed by atoms with Crippen LogP contribution in [0.1, 0.15) is 19.4 Å². The lowest BCUT2D eigenvalue weighted by molar-refractivity contribution is 0.458. The SMILES string of the molecule is CCN(CC)P1(=O)c2ccccc2N2c3ccccc3P(C)(=O)c3cc(C)cc1c32. The summed E-state index contributed by atoms with van der Waals surface area (Å²) < 4.78 is 31.2. The Kier molecular flexibility index (Phi) is 4.42. The molecule has 0 N–H and O–H groups in total. The van der Waals surface area contributed by atoms with Crippen LogP contribution in [-0.4, -0.2) is 24.4 Å². The Morgan fingerprint density at radius 1 is 0.800 bits per heavy atom. The van der Waals surface area contributed by atoms with Gasteiger partial charge in [-0.15, -0.1) is 0 Å². The number of rotatable bonds is 3. The molecule has 2 aliphatic rings. The summed E-state index contributed by atoms with van der Waals surface area (Å²) in [5.41, 5.74) is 3.72. The zero-order chi connectivity index (χ0) is 21.3. The van der Waals surface area contributed by atoms with Gasteiger partial charge in [0.05, 0.1) is 27.7 Å². The largest absolute Gasteiger partial charge is 0.314 e. The van der Waals surface area contributed by atoms with Gasteiger partial charge in [-0.3, -0.25) is 4.57 Å². The molecule has 0 saturated heterocycles. The van der Waals surface area contributed by atoms with Gasteiger partial charge in [-0.1, -0.05) is 38.1 Å². The fraction of sp³-hybridized carbons (Fsp3) is 0.250. The molecule has 6 heteroatoms. The van der Waals surface area contributed by atoms with Crippen LogP contribution in [0, 0.1) is 6.92 Å². The Balaban J connectivity index is 1.99. The second kappa shape index (κ2) is 6.69. The lowest BCUT2D eigenvalue weighted by Gasteiger charge is -2.45. The maximum Gasteiger partial charge on any atom is 0.211 e. The molecule has 0 radical (unpaired) electrons. The lowest BCUT2D eigenvalue weighted by Crippen LogP contribution is -2.45. The summed E-state index contributed by atoms with van der Waals surface area (Å²) in [6, 6.07) is 20.0. The van der Waals surface area contributed by atoms with Crippen molar-refractivity contribution in [3.05, 3.63) is 66.2 Å². The van der Waals surface area contributed by atoms with Gasteiger partial charge in [-0.2, -0.15) is 0 Å². The van der Waals surface area contributed by atoms with E-state index in [1.165, 1.54) is 0 Å². The van der Waals surface area contributed by atoms with Crippen LogP contribution in [0.3, 0.4) is 0 Å². The first kappa shape index (κ1) is 19.8. The van der Waals surface area contributed by atoms with Crippen LogP contribution in [0.25, 0.3) is 0 Å². The first-order valence-corrected chi connectivity index (χ1v) is 14.2. The number of para-hydroxylation sites is 2. The topological polar surface area (TPSA) is 40.6 Å². The van der Waals surface area contributed by atoms with E-state index < -0.39 is 14.4 Å². The summed E-state index contributed by atoms with van der Waals surface area (Å²) in [5, 5.41) is 3.36. The summed E-state index contributed by atoms with van der Waals surface area (Å²) in [6.07, 6.45) is 0. The minimum atomic E-state index is -3.07. The summed E-state index contributed by atoms with van der Waals surface area (Å²) in [7, 11) is -5.91. The van der Waals surface area contributed by atoms with Gasteiger partial charge < -0.3 is 9.46 Å². The Hall–Kier alpha value is -2.12. The molecular formula is C24H26N2O2P2. The van der Waals surface area contributed by atoms with Crippen molar-refractivity contribution in [1.29, 1.82) is 0 Å². The minimum Gasteiger partial charge on any atom is -0.314 e. The molecule has 2 heterocycles. The van der Waals surface area contributed by atoms with Crippen molar-refractivity contribution in [2.45, 2.75) is 20.8 Å². The second-order valence-electron chi connectivity index (χ2n) is 8.10. The van der Waals surface area contributed by atoms with E-state index in [1.54, 1.807) is 0 Å². The molecule has 0 aromatic heterocycles. The Morgan fingerprint density at radius 2 is 1.33 bits per heavy atom. The highest BCUT2D eigenvalue weighted by Crippen LogP contribution is 2.61. The third-order valence-electron chi connectivity index (χ3n) is 6.38. The van der Waals surface area contributed by atoms with E-state index in [9.17, 15) is 9.13 Å². The van der Waals surface area contributed by atoms with Gasteiger partial charge in [0.2, 0.25) is 7.29 Å². The zero-order valence-electron chi connectivity index (χ0n) is 17.8. The molecule has 0 aliphatic carbocycles. The molecule has 2 aliphatic heterocycles. The minimum absolute atomic E-state index is 0.686. The molecule has 2 unspecified atom stereocenters. The van der Waals surface area contributed by atoms with E-state index in [-0.39, 0.29) is 0 Å². The van der Waals surface area contributed by atoms with Gasteiger partial charge in [-0.25, -0.2) is 4.67 Å². The molecule has 0 bridgehead atoms. The maximum absolute atomic E-state index is 15.0. The van der Waals surface area contributed by atoms with E-state index in [0.29, 0.717) is 13.1 Å². The number of hydrogen-bond donors (Lipinski definition) is 0. The summed E-state index contributed by atoms with van der Waals surface area (Å²) in [5.74, 6) is 0. The van der Waals surface area contributed by atoms with Crippen LogP contribution in [-0.2, 0) is 9.13 Å². The van der Waals surface area contributed by atoms with Crippen LogP contribution in [0.5, 0.6) is 0 Å². The zero-order valence-corrected chi connectivity index (χ0v) is 19.6.